The summed E-state index contributed by atoms with van der Waals surface area (Å²) in [6.45, 7) is 6.78. The molecule has 1 fully saturated rings. The molecule has 1 aromatic rings. The fourth-order valence-corrected chi connectivity index (χ4v) is 2.86. The predicted octanol–water partition coefficient (Wildman–Crippen LogP) is 1.86. The fourth-order valence-electron chi connectivity index (χ4n) is 2.38. The average Bonchev–Trinajstić information content (AvgIpc) is 2.42. The Hall–Kier alpha value is -1.40. The lowest BCUT2D eigenvalue weighted by molar-refractivity contribution is -0.130. The Kier molecular flexibility index (Phi) is 5.36. The van der Waals surface area contributed by atoms with Crippen LogP contribution < -0.4 is 5.32 Å². The lowest BCUT2D eigenvalue weighted by atomic mass is 10.2. The van der Waals surface area contributed by atoms with Crippen LogP contribution in [0.4, 0.5) is 5.69 Å². The lowest BCUT2D eigenvalue weighted by Gasteiger charge is -2.33. The number of carbonyl (C=O) groups excluding carboxylic acids is 2. The molecule has 0 aromatic heterocycles. The van der Waals surface area contributed by atoms with Crippen molar-refractivity contribution in [2.45, 2.75) is 13.8 Å². The van der Waals surface area contributed by atoms with Crippen LogP contribution in [0.5, 0.6) is 0 Å². The van der Waals surface area contributed by atoms with Crippen LogP contribution in [0, 0.1) is 6.92 Å². The second kappa shape index (κ2) is 7.04. The molecule has 21 heavy (non-hydrogen) atoms. The predicted molar refractivity (Wildman–Crippen MR) is 86.2 cm³/mol. The highest BCUT2D eigenvalue weighted by Crippen LogP contribution is 2.20. The number of rotatable bonds is 3. The molecule has 1 heterocycles. The lowest BCUT2D eigenvalue weighted by Crippen LogP contribution is -2.49. The largest absolute Gasteiger partial charge is 0.340 e. The van der Waals surface area contributed by atoms with E-state index in [4.69, 9.17) is 0 Å². The number of hydrogen-bond acceptors (Lipinski definition) is 3. The monoisotopic (exact) mass is 353 g/mol. The number of carbonyl (C=O) groups is 2. The van der Waals surface area contributed by atoms with E-state index in [1.54, 1.807) is 6.92 Å². The summed E-state index contributed by atoms with van der Waals surface area (Å²) < 4.78 is 0.998. The van der Waals surface area contributed by atoms with Crippen molar-refractivity contribution < 1.29 is 9.59 Å². The van der Waals surface area contributed by atoms with Gasteiger partial charge in [-0.2, -0.15) is 0 Å². The standard InChI is InChI=1S/C15H20BrN3O2/c1-11-9-13(16)3-4-14(11)17-15(21)10-18-5-7-19(8-6-18)12(2)20/h3-4,9H,5-8,10H2,1-2H3,(H,17,21). The summed E-state index contributed by atoms with van der Waals surface area (Å²) in [6.07, 6.45) is 0. The van der Waals surface area contributed by atoms with Gasteiger partial charge in [-0.25, -0.2) is 0 Å². The van der Waals surface area contributed by atoms with E-state index in [0.717, 1.165) is 28.8 Å². The van der Waals surface area contributed by atoms with Crippen LogP contribution in [0.15, 0.2) is 22.7 Å². The Labute approximate surface area is 133 Å². The first-order valence-electron chi connectivity index (χ1n) is 6.99. The molecule has 0 atom stereocenters. The third kappa shape index (κ3) is 4.54. The Morgan fingerprint density at radius 3 is 2.48 bits per heavy atom. The van der Waals surface area contributed by atoms with Gasteiger partial charge in [-0.15, -0.1) is 0 Å². The van der Waals surface area contributed by atoms with Gasteiger partial charge in [0.25, 0.3) is 0 Å². The first-order valence-corrected chi connectivity index (χ1v) is 7.79. The molecule has 5 nitrogen and oxygen atoms in total. The molecular weight excluding hydrogens is 334 g/mol. The summed E-state index contributed by atoms with van der Waals surface area (Å²) in [5.41, 5.74) is 1.87. The fraction of sp³-hybridized carbons (Fsp3) is 0.467. The zero-order chi connectivity index (χ0) is 15.4. The van der Waals surface area contributed by atoms with Crippen molar-refractivity contribution in [3.05, 3.63) is 28.2 Å². The van der Waals surface area contributed by atoms with Crippen LogP contribution in [0.3, 0.4) is 0 Å². The summed E-state index contributed by atoms with van der Waals surface area (Å²) in [6, 6.07) is 5.78. The van der Waals surface area contributed by atoms with Crippen LogP contribution in [-0.4, -0.2) is 54.3 Å². The summed E-state index contributed by atoms with van der Waals surface area (Å²) in [5, 5.41) is 2.94. The van der Waals surface area contributed by atoms with Gasteiger partial charge in [0.05, 0.1) is 6.54 Å². The number of nitrogens with zero attached hydrogens (tertiary/aromatic N) is 2. The van der Waals surface area contributed by atoms with Crippen molar-refractivity contribution in [3.63, 3.8) is 0 Å². The van der Waals surface area contributed by atoms with Gasteiger partial charge >= 0.3 is 0 Å². The van der Waals surface area contributed by atoms with Gasteiger partial charge in [0.15, 0.2) is 0 Å². The van der Waals surface area contributed by atoms with E-state index in [0.29, 0.717) is 19.6 Å². The second-order valence-electron chi connectivity index (χ2n) is 5.29. The second-order valence-corrected chi connectivity index (χ2v) is 6.21. The normalized spacial score (nSPS) is 15.9. The van der Waals surface area contributed by atoms with Crippen molar-refractivity contribution in [1.29, 1.82) is 0 Å². The number of amides is 2. The summed E-state index contributed by atoms with van der Waals surface area (Å²) in [7, 11) is 0. The van der Waals surface area contributed by atoms with Gasteiger partial charge in [-0.3, -0.25) is 14.5 Å². The molecule has 114 valence electrons. The Bertz CT molecular complexity index is 540. The van der Waals surface area contributed by atoms with E-state index in [1.165, 1.54) is 0 Å². The maximum absolute atomic E-state index is 12.1. The van der Waals surface area contributed by atoms with Gasteiger partial charge in [-0.05, 0) is 30.7 Å². The van der Waals surface area contributed by atoms with Crippen LogP contribution in [0.2, 0.25) is 0 Å². The van der Waals surface area contributed by atoms with Crippen LogP contribution in [0.25, 0.3) is 0 Å². The summed E-state index contributed by atoms with van der Waals surface area (Å²) in [4.78, 5) is 27.2. The molecule has 1 aliphatic heterocycles. The topological polar surface area (TPSA) is 52.7 Å². The molecule has 2 amide bonds. The third-order valence-electron chi connectivity index (χ3n) is 3.65. The molecule has 1 aromatic carbocycles. The van der Waals surface area contributed by atoms with Crippen molar-refractivity contribution in [2.75, 3.05) is 38.0 Å². The molecule has 0 spiro atoms. The molecule has 1 saturated heterocycles. The van der Waals surface area contributed by atoms with E-state index < -0.39 is 0 Å². The van der Waals surface area contributed by atoms with E-state index in [2.05, 4.69) is 26.1 Å². The van der Waals surface area contributed by atoms with Crippen LogP contribution in [0.1, 0.15) is 12.5 Å². The first kappa shape index (κ1) is 16.0. The number of nitrogens with one attached hydrogen (secondary N) is 1. The first-order chi connectivity index (χ1) is 9.95. The van der Waals surface area contributed by atoms with Gasteiger partial charge in [0.1, 0.15) is 0 Å². The highest BCUT2D eigenvalue weighted by molar-refractivity contribution is 9.10. The zero-order valence-corrected chi connectivity index (χ0v) is 13.9. The number of anilines is 1. The minimum absolute atomic E-state index is 0.0169. The SMILES string of the molecule is CC(=O)N1CCN(CC(=O)Nc2ccc(Br)cc2C)CC1. The molecule has 1 N–H and O–H groups in total. The number of hydrogen-bond donors (Lipinski definition) is 1. The highest BCUT2D eigenvalue weighted by Gasteiger charge is 2.20. The van der Waals surface area contributed by atoms with Crippen LogP contribution >= 0.6 is 15.9 Å². The quantitative estimate of drug-likeness (QED) is 0.902. The Balaban J connectivity index is 1.84. The molecule has 2 rings (SSSR count). The molecule has 6 heteroatoms. The minimum atomic E-state index is -0.0169. The zero-order valence-electron chi connectivity index (χ0n) is 12.4. The molecule has 0 radical (unpaired) electrons. The maximum atomic E-state index is 12.1. The summed E-state index contributed by atoms with van der Waals surface area (Å²) >= 11 is 3.41. The number of piperazine rings is 1. The van der Waals surface area contributed by atoms with Gasteiger partial charge in [0.2, 0.25) is 11.8 Å². The van der Waals surface area contributed by atoms with Crippen molar-refractivity contribution in [2.24, 2.45) is 0 Å². The third-order valence-corrected chi connectivity index (χ3v) is 4.14. The van der Waals surface area contributed by atoms with Crippen LogP contribution in [-0.2, 0) is 9.59 Å². The number of halogens is 1. The van der Waals surface area contributed by atoms with Crippen molar-refractivity contribution in [1.82, 2.24) is 9.80 Å². The number of benzene rings is 1. The van der Waals surface area contributed by atoms with Crippen molar-refractivity contribution in [3.8, 4) is 0 Å². The molecule has 0 saturated carbocycles. The van der Waals surface area contributed by atoms with E-state index in [-0.39, 0.29) is 11.8 Å². The van der Waals surface area contributed by atoms with Crippen molar-refractivity contribution >= 4 is 33.4 Å². The minimum Gasteiger partial charge on any atom is -0.340 e. The maximum Gasteiger partial charge on any atom is 0.238 e. The molecular formula is C15H20BrN3O2. The molecule has 0 aliphatic carbocycles. The number of aryl methyl sites for hydroxylation is 1. The van der Waals surface area contributed by atoms with E-state index in [1.807, 2.05) is 30.0 Å². The van der Waals surface area contributed by atoms with Gasteiger partial charge < -0.3 is 10.2 Å². The average molecular weight is 354 g/mol. The Morgan fingerprint density at radius 2 is 1.90 bits per heavy atom. The highest BCUT2D eigenvalue weighted by atomic mass is 79.9. The van der Waals surface area contributed by atoms with E-state index >= 15 is 0 Å². The smallest absolute Gasteiger partial charge is 0.238 e. The Morgan fingerprint density at radius 1 is 1.24 bits per heavy atom. The molecule has 1 aliphatic rings. The summed E-state index contributed by atoms with van der Waals surface area (Å²) in [5.74, 6) is 0.0845. The van der Waals surface area contributed by atoms with Gasteiger partial charge in [-0.1, -0.05) is 15.9 Å². The molecule has 0 bridgehead atoms. The van der Waals surface area contributed by atoms with E-state index in [9.17, 15) is 9.59 Å². The van der Waals surface area contributed by atoms with Gasteiger partial charge in [0, 0.05) is 43.3 Å². The molecule has 0 unspecified atom stereocenters.